The van der Waals surface area contributed by atoms with E-state index in [4.69, 9.17) is 15.2 Å². The number of H-pyrrole nitrogens is 1. The predicted octanol–water partition coefficient (Wildman–Crippen LogP) is 2.43. The van der Waals surface area contributed by atoms with Gasteiger partial charge in [0.25, 0.3) is 0 Å². The molecule has 0 radical (unpaired) electrons. The highest BCUT2D eigenvalue weighted by atomic mass is 16.5. The van der Waals surface area contributed by atoms with Gasteiger partial charge in [0, 0.05) is 25.4 Å². The largest absolute Gasteiger partial charge is 0.461 e. The summed E-state index contributed by atoms with van der Waals surface area (Å²) in [6.45, 7) is 4.30. The maximum absolute atomic E-state index is 12.6. The van der Waals surface area contributed by atoms with Gasteiger partial charge in [0.1, 0.15) is 12.1 Å². The van der Waals surface area contributed by atoms with E-state index >= 15 is 0 Å². The van der Waals surface area contributed by atoms with Gasteiger partial charge in [0.05, 0.1) is 18.8 Å². The zero-order valence-corrected chi connectivity index (χ0v) is 19.7. The number of nitrogens with one attached hydrogen (secondary N) is 1. The lowest BCUT2D eigenvalue weighted by molar-refractivity contribution is 0.141. The molecule has 1 fully saturated rings. The summed E-state index contributed by atoms with van der Waals surface area (Å²) in [5.41, 5.74) is 10.6. The highest BCUT2D eigenvalue weighted by Gasteiger charge is 2.15. The Bertz CT molecular complexity index is 1340. The average Bonchev–Trinajstić information content (AvgIpc) is 3.49. The fourth-order valence-electron chi connectivity index (χ4n) is 4.31. The lowest BCUT2D eigenvalue weighted by Gasteiger charge is -2.14. The molecule has 0 unspecified atom stereocenters. The Morgan fingerprint density at radius 2 is 1.77 bits per heavy atom. The van der Waals surface area contributed by atoms with Crippen LogP contribution >= 0.6 is 0 Å². The topological polar surface area (TPSA) is 124 Å². The van der Waals surface area contributed by atoms with E-state index in [9.17, 15) is 4.79 Å². The van der Waals surface area contributed by atoms with Gasteiger partial charge >= 0.3 is 11.7 Å². The van der Waals surface area contributed by atoms with Crippen LogP contribution in [0.2, 0.25) is 0 Å². The van der Waals surface area contributed by atoms with E-state index in [1.807, 2.05) is 30.5 Å². The number of nitrogens with two attached hydrogens (primary N) is 1. The number of anilines is 1. The predicted molar refractivity (Wildman–Crippen MR) is 133 cm³/mol. The number of likely N-dealkylation sites (tertiary alicyclic amines) is 1. The summed E-state index contributed by atoms with van der Waals surface area (Å²) in [7, 11) is 1.58. The number of rotatable bonds is 9. The van der Waals surface area contributed by atoms with Gasteiger partial charge < -0.3 is 20.2 Å². The van der Waals surface area contributed by atoms with Crippen LogP contribution in [-0.2, 0) is 17.8 Å². The Morgan fingerprint density at radius 3 is 2.49 bits per heavy atom. The number of imidazole rings is 1. The molecule has 4 aromatic rings. The number of aromatic amines is 1. The maximum Gasteiger partial charge on any atom is 0.328 e. The number of ether oxygens (including phenoxy) is 2. The summed E-state index contributed by atoms with van der Waals surface area (Å²) >= 11 is 0. The second-order valence-electron chi connectivity index (χ2n) is 8.68. The van der Waals surface area contributed by atoms with Gasteiger partial charge in [0.15, 0.2) is 11.5 Å². The minimum absolute atomic E-state index is 0.106. The van der Waals surface area contributed by atoms with Crippen molar-refractivity contribution in [1.29, 1.82) is 0 Å². The molecule has 4 heterocycles. The molecule has 3 aromatic heterocycles. The number of aromatic nitrogens is 5. The second-order valence-corrected chi connectivity index (χ2v) is 8.68. The van der Waals surface area contributed by atoms with Crippen LogP contribution in [0.3, 0.4) is 0 Å². The zero-order chi connectivity index (χ0) is 24.2. The normalized spacial score (nSPS) is 14.1. The molecule has 0 spiro atoms. The average molecular weight is 476 g/mol. The minimum Gasteiger partial charge on any atom is -0.461 e. The Hall–Kier alpha value is -3.76. The van der Waals surface area contributed by atoms with Crippen LogP contribution in [0.5, 0.6) is 6.01 Å². The number of nitrogen functional groups attached to an aromatic ring is 1. The van der Waals surface area contributed by atoms with E-state index in [0.29, 0.717) is 24.3 Å². The smallest absolute Gasteiger partial charge is 0.328 e. The van der Waals surface area contributed by atoms with Crippen molar-refractivity contribution >= 4 is 17.0 Å². The van der Waals surface area contributed by atoms with Crippen LogP contribution in [0.25, 0.3) is 22.4 Å². The van der Waals surface area contributed by atoms with Crippen LogP contribution in [0.4, 0.5) is 5.82 Å². The fourth-order valence-corrected chi connectivity index (χ4v) is 4.31. The van der Waals surface area contributed by atoms with E-state index in [-0.39, 0.29) is 24.1 Å². The van der Waals surface area contributed by atoms with Crippen LogP contribution in [0.1, 0.15) is 24.0 Å². The highest BCUT2D eigenvalue weighted by Crippen LogP contribution is 2.21. The number of pyridine rings is 1. The van der Waals surface area contributed by atoms with Crippen molar-refractivity contribution < 1.29 is 9.47 Å². The van der Waals surface area contributed by atoms with Crippen molar-refractivity contribution in [2.24, 2.45) is 0 Å². The monoisotopic (exact) mass is 475 g/mol. The third-order valence-corrected chi connectivity index (χ3v) is 6.17. The van der Waals surface area contributed by atoms with Gasteiger partial charge in [0.2, 0.25) is 0 Å². The maximum atomic E-state index is 12.6. The van der Waals surface area contributed by atoms with Gasteiger partial charge in [-0.25, -0.2) is 4.79 Å². The molecule has 0 saturated carbocycles. The summed E-state index contributed by atoms with van der Waals surface area (Å²) in [5.74, 6) is 0.160. The molecule has 10 nitrogen and oxygen atoms in total. The summed E-state index contributed by atoms with van der Waals surface area (Å²) < 4.78 is 12.0. The summed E-state index contributed by atoms with van der Waals surface area (Å²) in [6, 6.07) is 12.3. The van der Waals surface area contributed by atoms with Gasteiger partial charge in [-0.3, -0.25) is 14.5 Å². The first-order chi connectivity index (χ1) is 17.1. The van der Waals surface area contributed by atoms with Gasteiger partial charge in [-0.1, -0.05) is 30.3 Å². The number of fused-ring (bicyclic) bond motifs is 1. The van der Waals surface area contributed by atoms with Crippen LogP contribution < -0.4 is 16.2 Å². The zero-order valence-electron chi connectivity index (χ0n) is 19.7. The molecule has 0 atom stereocenters. The minimum atomic E-state index is -0.311. The molecule has 1 aromatic carbocycles. The number of hydrogen-bond donors (Lipinski definition) is 2. The van der Waals surface area contributed by atoms with Crippen molar-refractivity contribution in [3.05, 3.63) is 64.2 Å². The number of nitrogens with zero attached hydrogens (tertiary/aromatic N) is 5. The van der Waals surface area contributed by atoms with E-state index in [1.165, 1.54) is 36.1 Å². The highest BCUT2D eigenvalue weighted by molar-refractivity contribution is 5.82. The van der Waals surface area contributed by atoms with Gasteiger partial charge in [-0.15, -0.1) is 0 Å². The molecule has 10 heteroatoms. The molecule has 1 aliphatic rings. The standard InChI is InChI=1S/C25H29N7O3/c1-34-12-13-35-24-29-22(26)21-23(30-24)32(25(33)28-21)16-17-4-7-19(8-5-17)20-9-6-18(14-27-20)15-31-10-2-3-11-31/h4-9,14H,2-3,10-13,15-16H2,1H3,(H,28,33)(H2,26,29,30). The third-order valence-electron chi connectivity index (χ3n) is 6.17. The van der Waals surface area contributed by atoms with E-state index < -0.39 is 0 Å². The van der Waals surface area contributed by atoms with Crippen LogP contribution in [0, 0.1) is 0 Å². The first kappa shape index (κ1) is 23.0. The molecule has 0 amide bonds. The number of benzene rings is 1. The SMILES string of the molecule is COCCOc1nc(N)c2[nH]c(=O)n(Cc3ccc(-c4ccc(CN5CCCC5)cn4)cc3)c2n1. The quantitative estimate of drug-likeness (QED) is 0.354. The first-order valence-corrected chi connectivity index (χ1v) is 11.7. The molecule has 1 aliphatic heterocycles. The van der Waals surface area contributed by atoms with Crippen molar-refractivity contribution in [3.63, 3.8) is 0 Å². The molecule has 5 rings (SSSR count). The number of methoxy groups -OCH3 is 1. The molecule has 3 N–H and O–H groups in total. The molecule has 0 bridgehead atoms. The summed E-state index contributed by atoms with van der Waals surface area (Å²) in [4.78, 5) is 31.0. The Morgan fingerprint density at radius 1 is 1.00 bits per heavy atom. The van der Waals surface area contributed by atoms with Crippen LogP contribution in [0.15, 0.2) is 47.4 Å². The van der Waals surface area contributed by atoms with E-state index in [0.717, 1.165) is 23.4 Å². The van der Waals surface area contributed by atoms with Gasteiger partial charge in [-0.2, -0.15) is 9.97 Å². The van der Waals surface area contributed by atoms with E-state index in [2.05, 4.69) is 37.0 Å². The molecule has 1 saturated heterocycles. The molecule has 0 aliphatic carbocycles. The summed E-state index contributed by atoms with van der Waals surface area (Å²) in [6.07, 6.45) is 4.53. The number of hydrogen-bond acceptors (Lipinski definition) is 8. The van der Waals surface area contributed by atoms with E-state index in [1.54, 1.807) is 7.11 Å². The Balaban J connectivity index is 1.32. The van der Waals surface area contributed by atoms with Crippen molar-refractivity contribution in [1.82, 2.24) is 29.4 Å². The molecular weight excluding hydrogens is 446 g/mol. The fraction of sp³-hybridized carbons (Fsp3) is 0.360. The van der Waals surface area contributed by atoms with Crippen molar-refractivity contribution in [3.8, 4) is 17.3 Å². The lowest BCUT2D eigenvalue weighted by atomic mass is 10.1. The molecule has 35 heavy (non-hydrogen) atoms. The Kier molecular flexibility index (Phi) is 6.73. The Labute approximate surface area is 202 Å². The van der Waals surface area contributed by atoms with Gasteiger partial charge in [-0.05, 0) is 43.1 Å². The molecule has 182 valence electrons. The first-order valence-electron chi connectivity index (χ1n) is 11.7. The third kappa shape index (κ3) is 5.18. The summed E-state index contributed by atoms with van der Waals surface area (Å²) in [5, 5.41) is 0. The lowest BCUT2D eigenvalue weighted by Crippen LogP contribution is -2.18. The van der Waals surface area contributed by atoms with Crippen LogP contribution in [-0.4, -0.2) is 62.8 Å². The van der Waals surface area contributed by atoms with Crippen molar-refractivity contribution in [2.75, 3.05) is 39.1 Å². The van der Waals surface area contributed by atoms with Crippen molar-refractivity contribution in [2.45, 2.75) is 25.9 Å². The molecular formula is C25H29N7O3. The second kappa shape index (κ2) is 10.2.